The van der Waals surface area contributed by atoms with Gasteiger partial charge in [0, 0.05) is 4.88 Å². The molecular weight excluding hydrogens is 276 g/mol. The molecule has 0 spiro atoms. The summed E-state index contributed by atoms with van der Waals surface area (Å²) in [5.74, 6) is -0.668. The Hall–Kier alpha value is -1.40. The average Bonchev–Trinajstić information content (AvgIpc) is 2.81. The van der Waals surface area contributed by atoms with Gasteiger partial charge in [0.1, 0.15) is 5.00 Å². The number of esters is 1. The number of nitrogens with two attached hydrogens (primary N) is 1. The maximum Gasteiger partial charge on any atom is 0.341 e. The Balaban J connectivity index is 2.96. The van der Waals surface area contributed by atoms with Gasteiger partial charge in [-0.05, 0) is 25.3 Å². The van der Waals surface area contributed by atoms with Crippen LogP contribution in [-0.4, -0.2) is 24.5 Å². The standard InChI is InChI=1S/C14H22N2O3S/c1-5-9-7-10(14(18)19-6-2)13(20-9)16-12(17)11(15)8(3)4/h7-8,11H,5-6,15H2,1-4H3,(H,16,17)/t11-/m0/s1. The van der Waals surface area contributed by atoms with E-state index in [1.165, 1.54) is 11.3 Å². The largest absolute Gasteiger partial charge is 0.462 e. The summed E-state index contributed by atoms with van der Waals surface area (Å²) < 4.78 is 5.00. The molecule has 0 saturated carbocycles. The van der Waals surface area contributed by atoms with Crippen molar-refractivity contribution in [2.75, 3.05) is 11.9 Å². The number of aryl methyl sites for hydroxylation is 1. The van der Waals surface area contributed by atoms with Crippen molar-refractivity contribution in [2.24, 2.45) is 11.7 Å². The molecule has 5 nitrogen and oxygen atoms in total. The van der Waals surface area contributed by atoms with Crippen molar-refractivity contribution in [1.29, 1.82) is 0 Å². The Labute approximate surface area is 123 Å². The van der Waals surface area contributed by atoms with Crippen LogP contribution in [0.5, 0.6) is 0 Å². The molecule has 0 radical (unpaired) electrons. The fraction of sp³-hybridized carbons (Fsp3) is 0.571. The summed E-state index contributed by atoms with van der Waals surface area (Å²) in [6.45, 7) is 7.80. The molecule has 1 aromatic rings. The molecule has 0 aliphatic carbocycles. The third-order valence-corrected chi connectivity index (χ3v) is 4.08. The molecule has 0 unspecified atom stereocenters. The van der Waals surface area contributed by atoms with Crippen LogP contribution in [0.1, 0.15) is 42.9 Å². The van der Waals surface area contributed by atoms with E-state index in [1.807, 2.05) is 20.8 Å². The summed E-state index contributed by atoms with van der Waals surface area (Å²) in [6.07, 6.45) is 0.795. The van der Waals surface area contributed by atoms with Gasteiger partial charge in [0.2, 0.25) is 5.91 Å². The van der Waals surface area contributed by atoms with E-state index in [2.05, 4.69) is 5.32 Å². The quantitative estimate of drug-likeness (QED) is 0.790. The van der Waals surface area contributed by atoms with E-state index >= 15 is 0 Å². The highest BCUT2D eigenvalue weighted by molar-refractivity contribution is 7.16. The number of ether oxygens (including phenoxy) is 1. The molecule has 6 heteroatoms. The highest BCUT2D eigenvalue weighted by atomic mass is 32.1. The third kappa shape index (κ3) is 4.05. The minimum atomic E-state index is -0.600. The number of nitrogens with one attached hydrogen (secondary N) is 1. The molecule has 112 valence electrons. The van der Waals surface area contributed by atoms with Crippen LogP contribution in [-0.2, 0) is 16.0 Å². The van der Waals surface area contributed by atoms with Crippen LogP contribution >= 0.6 is 11.3 Å². The number of rotatable bonds is 6. The number of carbonyl (C=O) groups excluding carboxylic acids is 2. The van der Waals surface area contributed by atoms with Crippen LogP contribution in [0.25, 0.3) is 0 Å². The number of amides is 1. The van der Waals surface area contributed by atoms with E-state index < -0.39 is 12.0 Å². The van der Waals surface area contributed by atoms with E-state index in [4.69, 9.17) is 10.5 Å². The van der Waals surface area contributed by atoms with Gasteiger partial charge in [-0.3, -0.25) is 4.79 Å². The van der Waals surface area contributed by atoms with E-state index in [0.717, 1.165) is 11.3 Å². The Morgan fingerprint density at radius 3 is 2.55 bits per heavy atom. The zero-order chi connectivity index (χ0) is 15.3. The molecule has 0 aliphatic rings. The molecule has 1 heterocycles. The average molecular weight is 298 g/mol. The first-order valence-electron chi connectivity index (χ1n) is 6.76. The number of hydrogen-bond acceptors (Lipinski definition) is 5. The van der Waals surface area contributed by atoms with Crippen molar-refractivity contribution in [2.45, 2.75) is 40.2 Å². The van der Waals surface area contributed by atoms with Crippen LogP contribution in [0.2, 0.25) is 0 Å². The fourth-order valence-electron chi connectivity index (χ4n) is 1.57. The van der Waals surface area contributed by atoms with Gasteiger partial charge in [-0.25, -0.2) is 4.79 Å². The van der Waals surface area contributed by atoms with Crippen LogP contribution < -0.4 is 11.1 Å². The zero-order valence-corrected chi connectivity index (χ0v) is 13.2. The molecule has 0 fully saturated rings. The maximum atomic E-state index is 12.0. The van der Waals surface area contributed by atoms with E-state index in [9.17, 15) is 9.59 Å². The second-order valence-electron chi connectivity index (χ2n) is 4.79. The minimum Gasteiger partial charge on any atom is -0.462 e. The number of carbonyl (C=O) groups is 2. The predicted molar refractivity (Wildman–Crippen MR) is 81.1 cm³/mol. The normalized spacial score (nSPS) is 12.3. The lowest BCUT2D eigenvalue weighted by molar-refractivity contribution is -0.118. The van der Waals surface area contributed by atoms with Crippen molar-refractivity contribution < 1.29 is 14.3 Å². The van der Waals surface area contributed by atoms with Gasteiger partial charge in [0.25, 0.3) is 0 Å². The first-order valence-corrected chi connectivity index (χ1v) is 7.58. The SMILES string of the molecule is CCOC(=O)c1cc(CC)sc1NC(=O)[C@@H](N)C(C)C. The third-order valence-electron chi connectivity index (χ3n) is 2.88. The summed E-state index contributed by atoms with van der Waals surface area (Å²) in [7, 11) is 0. The lowest BCUT2D eigenvalue weighted by Crippen LogP contribution is -2.39. The topological polar surface area (TPSA) is 81.4 Å². The molecule has 0 aliphatic heterocycles. The van der Waals surface area contributed by atoms with Crippen LogP contribution in [0, 0.1) is 5.92 Å². The highest BCUT2D eigenvalue weighted by Crippen LogP contribution is 2.29. The second kappa shape index (κ2) is 7.40. The van der Waals surface area contributed by atoms with Crippen LogP contribution in [0.15, 0.2) is 6.07 Å². The van der Waals surface area contributed by atoms with Gasteiger partial charge in [-0.15, -0.1) is 11.3 Å². The van der Waals surface area contributed by atoms with Gasteiger partial charge in [0.15, 0.2) is 0 Å². The van der Waals surface area contributed by atoms with Crippen molar-refractivity contribution in [3.63, 3.8) is 0 Å². The maximum absolute atomic E-state index is 12.0. The Kier molecular flexibility index (Phi) is 6.16. The van der Waals surface area contributed by atoms with Crippen molar-refractivity contribution >= 4 is 28.2 Å². The van der Waals surface area contributed by atoms with E-state index in [0.29, 0.717) is 17.2 Å². The lowest BCUT2D eigenvalue weighted by Gasteiger charge is -2.15. The molecule has 1 amide bonds. The summed E-state index contributed by atoms with van der Waals surface area (Å²) in [5, 5.41) is 3.25. The summed E-state index contributed by atoms with van der Waals surface area (Å²) in [5.41, 5.74) is 6.21. The summed E-state index contributed by atoms with van der Waals surface area (Å²) in [6, 6.07) is 1.16. The number of hydrogen-bond donors (Lipinski definition) is 2. The van der Waals surface area contributed by atoms with Crippen LogP contribution in [0.4, 0.5) is 5.00 Å². The number of anilines is 1. The molecule has 0 bridgehead atoms. The van der Waals surface area contributed by atoms with Gasteiger partial charge in [-0.2, -0.15) is 0 Å². The molecular formula is C14H22N2O3S. The van der Waals surface area contributed by atoms with E-state index in [1.54, 1.807) is 13.0 Å². The van der Waals surface area contributed by atoms with Crippen molar-refractivity contribution in [1.82, 2.24) is 0 Å². The second-order valence-corrected chi connectivity index (χ2v) is 5.93. The highest BCUT2D eigenvalue weighted by Gasteiger charge is 2.22. The lowest BCUT2D eigenvalue weighted by atomic mass is 10.1. The Morgan fingerprint density at radius 1 is 1.40 bits per heavy atom. The van der Waals surface area contributed by atoms with Crippen LogP contribution in [0.3, 0.4) is 0 Å². The fourth-order valence-corrected chi connectivity index (χ4v) is 2.55. The van der Waals surface area contributed by atoms with Crippen molar-refractivity contribution in [3.05, 3.63) is 16.5 Å². The van der Waals surface area contributed by atoms with Gasteiger partial charge < -0.3 is 15.8 Å². The molecule has 3 N–H and O–H groups in total. The van der Waals surface area contributed by atoms with E-state index in [-0.39, 0.29) is 11.8 Å². The smallest absolute Gasteiger partial charge is 0.341 e. The molecule has 0 aromatic carbocycles. The summed E-state index contributed by atoms with van der Waals surface area (Å²) in [4.78, 5) is 24.9. The predicted octanol–water partition coefficient (Wildman–Crippen LogP) is 2.41. The van der Waals surface area contributed by atoms with Gasteiger partial charge >= 0.3 is 5.97 Å². The van der Waals surface area contributed by atoms with Gasteiger partial charge in [0.05, 0.1) is 18.2 Å². The molecule has 1 rings (SSSR count). The number of thiophene rings is 1. The van der Waals surface area contributed by atoms with Crippen molar-refractivity contribution in [3.8, 4) is 0 Å². The monoisotopic (exact) mass is 298 g/mol. The zero-order valence-electron chi connectivity index (χ0n) is 12.4. The molecule has 0 saturated heterocycles. The Morgan fingerprint density at radius 2 is 2.05 bits per heavy atom. The minimum absolute atomic E-state index is 0.0339. The summed E-state index contributed by atoms with van der Waals surface area (Å²) >= 11 is 1.38. The molecule has 20 heavy (non-hydrogen) atoms. The molecule has 1 aromatic heterocycles. The first kappa shape index (κ1) is 16.7. The van der Waals surface area contributed by atoms with Gasteiger partial charge in [-0.1, -0.05) is 20.8 Å². The Bertz CT molecular complexity index is 483. The first-order chi connectivity index (χ1) is 9.40. The molecule has 1 atom stereocenters.